The molecule has 2 amide bonds. The first-order valence-corrected chi connectivity index (χ1v) is 12.5. The molecule has 16 heteroatoms. The molecule has 2 N–H and O–H groups in total. The van der Waals surface area contributed by atoms with Crippen molar-refractivity contribution in [1.82, 2.24) is 9.13 Å². The van der Waals surface area contributed by atoms with Crippen LogP contribution < -0.4 is 21.9 Å². The van der Waals surface area contributed by atoms with Crippen LogP contribution in [0.5, 0.6) is 0 Å². The third-order valence-corrected chi connectivity index (χ3v) is 6.24. The Kier molecular flexibility index (Phi) is 9.39. The van der Waals surface area contributed by atoms with Crippen molar-refractivity contribution in [3.63, 3.8) is 0 Å². The van der Waals surface area contributed by atoms with Gasteiger partial charge in [-0.3, -0.25) is 43.7 Å². The number of halogens is 2. The standard InChI is InChI=1S/C24H22Cl2N6O8/c1-3-9-29-20(28-22(34)14-6-8-16(26)18(12-14)32(39)40)19(23(35)30(10-4-2)24(29)36)27-21(33)13-5-7-15(25)17(11-13)31(37)38/h5-8,11-12H,3-4,9-10H2,1-2H3,(H,27,33)(H,28,34). The number of carbonyl (C=O) groups excluding carboxylic acids is 2. The topological polar surface area (TPSA) is 188 Å². The Morgan fingerprint density at radius 2 is 1.25 bits per heavy atom. The van der Waals surface area contributed by atoms with Crippen LogP contribution >= 0.6 is 23.2 Å². The molecule has 0 aliphatic rings. The summed E-state index contributed by atoms with van der Waals surface area (Å²) in [5, 5.41) is 26.9. The van der Waals surface area contributed by atoms with Crippen LogP contribution in [0.15, 0.2) is 46.0 Å². The minimum Gasteiger partial charge on any atom is -0.314 e. The highest BCUT2D eigenvalue weighted by atomic mass is 35.5. The lowest BCUT2D eigenvalue weighted by Gasteiger charge is -2.20. The number of anilines is 2. The fourth-order valence-corrected chi connectivity index (χ4v) is 4.12. The maximum Gasteiger partial charge on any atom is 0.332 e. The van der Waals surface area contributed by atoms with E-state index in [1.165, 1.54) is 12.1 Å². The molecule has 14 nitrogen and oxygen atoms in total. The predicted octanol–water partition coefficient (Wildman–Crippen LogP) is 4.46. The lowest BCUT2D eigenvalue weighted by atomic mass is 10.1. The molecule has 1 aromatic heterocycles. The van der Waals surface area contributed by atoms with Gasteiger partial charge in [-0.1, -0.05) is 37.0 Å². The van der Waals surface area contributed by atoms with E-state index in [4.69, 9.17) is 23.2 Å². The van der Waals surface area contributed by atoms with E-state index in [1.807, 2.05) is 0 Å². The maximum atomic E-state index is 13.4. The fourth-order valence-electron chi connectivity index (χ4n) is 3.75. The first-order valence-electron chi connectivity index (χ1n) is 11.8. The molecule has 0 aliphatic heterocycles. The molecule has 0 atom stereocenters. The average Bonchev–Trinajstić information content (AvgIpc) is 2.90. The van der Waals surface area contributed by atoms with Crippen molar-refractivity contribution in [2.24, 2.45) is 0 Å². The zero-order valence-corrected chi connectivity index (χ0v) is 22.6. The van der Waals surface area contributed by atoms with Gasteiger partial charge in [0, 0.05) is 36.3 Å². The van der Waals surface area contributed by atoms with Crippen LogP contribution in [-0.4, -0.2) is 30.8 Å². The van der Waals surface area contributed by atoms with Crippen LogP contribution in [0.2, 0.25) is 10.0 Å². The number of nitro benzene ring substituents is 2. The molecular weight excluding hydrogens is 571 g/mol. The minimum atomic E-state index is -0.959. The van der Waals surface area contributed by atoms with Gasteiger partial charge >= 0.3 is 5.69 Å². The van der Waals surface area contributed by atoms with Crippen LogP contribution in [0.3, 0.4) is 0 Å². The summed E-state index contributed by atoms with van der Waals surface area (Å²) in [6, 6.07) is 6.51. The van der Waals surface area contributed by atoms with Crippen molar-refractivity contribution in [2.45, 2.75) is 39.8 Å². The molecular formula is C24H22Cl2N6O8. The Hall–Kier alpha value is -4.56. The van der Waals surface area contributed by atoms with Crippen molar-refractivity contribution in [3.8, 4) is 0 Å². The Morgan fingerprint density at radius 3 is 1.70 bits per heavy atom. The predicted molar refractivity (Wildman–Crippen MR) is 148 cm³/mol. The van der Waals surface area contributed by atoms with E-state index in [0.717, 1.165) is 33.4 Å². The largest absolute Gasteiger partial charge is 0.332 e. The van der Waals surface area contributed by atoms with Crippen LogP contribution in [0.25, 0.3) is 0 Å². The van der Waals surface area contributed by atoms with Crippen LogP contribution in [0, 0.1) is 20.2 Å². The number of carbonyl (C=O) groups is 2. The molecule has 0 saturated heterocycles. The normalized spacial score (nSPS) is 10.7. The molecule has 3 rings (SSSR count). The van der Waals surface area contributed by atoms with Gasteiger partial charge in [0.2, 0.25) is 0 Å². The monoisotopic (exact) mass is 592 g/mol. The molecule has 0 unspecified atom stereocenters. The van der Waals surface area contributed by atoms with Crippen molar-refractivity contribution in [2.75, 3.05) is 10.6 Å². The van der Waals surface area contributed by atoms with E-state index < -0.39 is 50.0 Å². The van der Waals surface area contributed by atoms with E-state index in [2.05, 4.69) is 10.6 Å². The van der Waals surface area contributed by atoms with Gasteiger partial charge in [0.05, 0.1) is 9.85 Å². The summed E-state index contributed by atoms with van der Waals surface area (Å²) in [5.74, 6) is -2.27. The summed E-state index contributed by atoms with van der Waals surface area (Å²) >= 11 is 11.7. The Bertz CT molecular complexity index is 1650. The number of hydrogen-bond acceptors (Lipinski definition) is 8. The molecule has 0 aliphatic carbocycles. The first-order chi connectivity index (χ1) is 18.9. The zero-order chi connectivity index (χ0) is 29.7. The van der Waals surface area contributed by atoms with Gasteiger partial charge in [0.1, 0.15) is 21.6 Å². The summed E-state index contributed by atoms with van der Waals surface area (Å²) in [4.78, 5) is 73.9. The van der Waals surface area contributed by atoms with Gasteiger partial charge < -0.3 is 10.6 Å². The van der Waals surface area contributed by atoms with Gasteiger partial charge in [0.25, 0.3) is 28.7 Å². The van der Waals surface area contributed by atoms with E-state index in [-0.39, 0.29) is 40.1 Å². The number of nitrogens with one attached hydrogen (secondary N) is 2. The number of aromatic nitrogens is 2. The lowest BCUT2D eigenvalue weighted by molar-refractivity contribution is -0.384. The number of benzene rings is 2. The summed E-state index contributed by atoms with van der Waals surface area (Å²) < 4.78 is 1.97. The summed E-state index contributed by atoms with van der Waals surface area (Å²) in [6.07, 6.45) is 0.772. The number of rotatable bonds is 10. The molecule has 3 aromatic rings. The molecule has 0 bridgehead atoms. The molecule has 1 heterocycles. The Balaban J connectivity index is 2.19. The van der Waals surface area contributed by atoms with Gasteiger partial charge in [0.15, 0.2) is 0 Å². The van der Waals surface area contributed by atoms with Crippen LogP contribution in [0.4, 0.5) is 22.9 Å². The smallest absolute Gasteiger partial charge is 0.314 e. The zero-order valence-electron chi connectivity index (χ0n) is 21.1. The summed E-state index contributed by atoms with van der Waals surface area (Å²) in [6.45, 7) is 3.48. The second kappa shape index (κ2) is 12.5. The Labute approximate surface area is 235 Å². The molecule has 0 fully saturated rings. The van der Waals surface area contributed by atoms with E-state index in [0.29, 0.717) is 12.8 Å². The maximum absolute atomic E-state index is 13.4. The van der Waals surface area contributed by atoms with Crippen LogP contribution in [0.1, 0.15) is 47.4 Å². The highest BCUT2D eigenvalue weighted by Crippen LogP contribution is 2.28. The molecule has 2 aromatic carbocycles. The third kappa shape index (κ3) is 6.18. The van der Waals surface area contributed by atoms with Crippen molar-refractivity contribution in [1.29, 1.82) is 0 Å². The molecule has 0 radical (unpaired) electrons. The lowest BCUT2D eigenvalue weighted by Crippen LogP contribution is -2.43. The SMILES string of the molecule is CCCn1c(NC(=O)c2ccc(Cl)c([N+](=O)[O-])c2)c(NC(=O)c2ccc(Cl)c([N+](=O)[O-])c2)c(=O)n(CCC)c1=O. The third-order valence-electron chi connectivity index (χ3n) is 5.60. The Morgan fingerprint density at radius 1 is 0.800 bits per heavy atom. The van der Waals surface area contributed by atoms with Crippen molar-refractivity contribution < 1.29 is 19.4 Å². The highest BCUT2D eigenvalue weighted by Gasteiger charge is 2.25. The van der Waals surface area contributed by atoms with Crippen molar-refractivity contribution >= 4 is 57.9 Å². The van der Waals surface area contributed by atoms with E-state index in [9.17, 15) is 39.4 Å². The van der Waals surface area contributed by atoms with E-state index in [1.54, 1.807) is 13.8 Å². The number of hydrogen-bond donors (Lipinski definition) is 2. The van der Waals surface area contributed by atoms with Gasteiger partial charge in [-0.2, -0.15) is 0 Å². The average molecular weight is 593 g/mol. The molecule has 0 saturated carbocycles. The second-order valence-electron chi connectivity index (χ2n) is 8.37. The second-order valence-corrected chi connectivity index (χ2v) is 9.18. The summed E-state index contributed by atoms with van der Waals surface area (Å²) in [5.41, 5.74) is -3.71. The summed E-state index contributed by atoms with van der Waals surface area (Å²) in [7, 11) is 0. The number of nitrogens with zero attached hydrogens (tertiary/aromatic N) is 4. The molecule has 40 heavy (non-hydrogen) atoms. The highest BCUT2D eigenvalue weighted by molar-refractivity contribution is 6.33. The van der Waals surface area contributed by atoms with Gasteiger partial charge in [-0.15, -0.1) is 0 Å². The fraction of sp³-hybridized carbons (Fsp3) is 0.250. The van der Waals surface area contributed by atoms with Gasteiger partial charge in [-0.25, -0.2) is 4.79 Å². The van der Waals surface area contributed by atoms with Crippen molar-refractivity contribution in [3.05, 3.63) is 98.6 Å². The van der Waals surface area contributed by atoms with E-state index >= 15 is 0 Å². The quantitative estimate of drug-likeness (QED) is 0.255. The number of nitro groups is 2. The molecule has 210 valence electrons. The van der Waals surface area contributed by atoms with Crippen LogP contribution in [-0.2, 0) is 13.1 Å². The minimum absolute atomic E-state index is 0.00568. The first kappa shape index (κ1) is 30.0. The van der Waals surface area contributed by atoms with Gasteiger partial charge in [-0.05, 0) is 37.1 Å². The molecule has 0 spiro atoms. The number of amides is 2.